The molecule has 1 aromatic heterocycles. The molecule has 0 aliphatic rings. The van der Waals surface area contributed by atoms with Gasteiger partial charge in [-0.15, -0.1) is 0 Å². The number of carboxylic acid groups (broad SMARTS) is 1. The van der Waals surface area contributed by atoms with Crippen molar-refractivity contribution in [2.75, 3.05) is 10.6 Å². The highest BCUT2D eigenvalue weighted by atomic mass is 35.5. The summed E-state index contributed by atoms with van der Waals surface area (Å²) in [4.78, 5) is 20.1. The van der Waals surface area contributed by atoms with E-state index in [4.69, 9.17) is 11.6 Å². The quantitative estimate of drug-likeness (QED) is 0.591. The second-order valence-electron chi connectivity index (χ2n) is 5.75. The number of rotatable bonds is 5. The second-order valence-corrected chi connectivity index (χ2v) is 6.18. The molecule has 0 spiro atoms. The number of hydrogen-bond donors (Lipinski definition) is 3. The van der Waals surface area contributed by atoms with Gasteiger partial charge in [0.25, 0.3) is 0 Å². The summed E-state index contributed by atoms with van der Waals surface area (Å²) in [5.74, 6) is 0.614. The fourth-order valence-electron chi connectivity index (χ4n) is 2.48. The Morgan fingerprint density at radius 1 is 0.962 bits per heavy atom. The average Bonchev–Trinajstić information content (AvgIpc) is 2.58. The first kappa shape index (κ1) is 17.7. The summed E-state index contributed by atoms with van der Waals surface area (Å²) in [7, 11) is 0. The largest absolute Gasteiger partial charge is 0.478 e. The van der Waals surface area contributed by atoms with Crippen molar-refractivity contribution in [1.29, 1.82) is 0 Å². The van der Waals surface area contributed by atoms with Crippen LogP contribution >= 0.6 is 11.6 Å². The lowest BCUT2D eigenvalue weighted by Crippen LogP contribution is -2.05. The van der Waals surface area contributed by atoms with E-state index < -0.39 is 5.97 Å². The number of carbonyl (C=O) groups is 1. The summed E-state index contributed by atoms with van der Waals surface area (Å²) in [6, 6.07) is 13.9. The van der Waals surface area contributed by atoms with Crippen molar-refractivity contribution >= 4 is 40.6 Å². The molecular weight excluding hydrogens is 352 g/mol. The maximum Gasteiger partial charge on any atom is 0.337 e. The smallest absolute Gasteiger partial charge is 0.337 e. The van der Waals surface area contributed by atoms with Crippen LogP contribution in [0.2, 0.25) is 5.02 Å². The van der Waals surface area contributed by atoms with Gasteiger partial charge in [0.05, 0.1) is 11.3 Å². The van der Waals surface area contributed by atoms with E-state index in [1.807, 2.05) is 25.1 Å². The van der Waals surface area contributed by atoms with Gasteiger partial charge in [0, 0.05) is 16.8 Å². The number of aromatic nitrogens is 2. The summed E-state index contributed by atoms with van der Waals surface area (Å²) in [5, 5.41) is 16.2. The summed E-state index contributed by atoms with van der Waals surface area (Å²) < 4.78 is 0. The fraction of sp³-hybridized carbons (Fsp3) is 0.105. The molecule has 7 heteroatoms. The van der Waals surface area contributed by atoms with Gasteiger partial charge in [0.1, 0.15) is 17.5 Å². The van der Waals surface area contributed by atoms with Crippen molar-refractivity contribution in [3.8, 4) is 0 Å². The molecule has 26 heavy (non-hydrogen) atoms. The summed E-state index contributed by atoms with van der Waals surface area (Å²) in [5.41, 5.74) is 2.50. The number of carboxylic acids is 1. The maximum absolute atomic E-state index is 11.4. The molecule has 0 aliphatic heterocycles. The van der Waals surface area contributed by atoms with E-state index in [0.717, 1.165) is 11.3 Å². The van der Waals surface area contributed by atoms with Crippen molar-refractivity contribution in [3.05, 3.63) is 70.5 Å². The van der Waals surface area contributed by atoms with Crippen molar-refractivity contribution in [2.24, 2.45) is 0 Å². The van der Waals surface area contributed by atoms with Crippen molar-refractivity contribution in [3.63, 3.8) is 0 Å². The fourth-order valence-corrected chi connectivity index (χ4v) is 2.65. The lowest BCUT2D eigenvalue weighted by Gasteiger charge is -2.13. The standard InChI is InChI=1S/C19H17ClN4O2/c1-11-7-8-13(20)9-16(11)24-18-10-17(21-12(2)22-18)23-15-6-4-3-5-14(15)19(25)26/h3-10H,1-2H3,(H,25,26)(H2,21,22,23,24). The van der Waals surface area contributed by atoms with Crippen LogP contribution < -0.4 is 10.6 Å². The number of halogens is 1. The number of benzene rings is 2. The van der Waals surface area contributed by atoms with Crippen molar-refractivity contribution in [1.82, 2.24) is 9.97 Å². The SMILES string of the molecule is Cc1nc(Nc2cc(Cl)ccc2C)cc(Nc2ccccc2C(=O)O)n1. The van der Waals surface area contributed by atoms with Crippen LogP contribution in [0.1, 0.15) is 21.7 Å². The molecule has 0 amide bonds. The summed E-state index contributed by atoms with van der Waals surface area (Å²) >= 11 is 6.06. The number of hydrogen-bond acceptors (Lipinski definition) is 5. The van der Waals surface area contributed by atoms with Crippen LogP contribution in [-0.4, -0.2) is 21.0 Å². The molecule has 2 aromatic carbocycles. The molecule has 3 rings (SSSR count). The van der Waals surface area contributed by atoms with E-state index in [9.17, 15) is 9.90 Å². The van der Waals surface area contributed by atoms with Gasteiger partial charge in [-0.05, 0) is 43.7 Å². The van der Waals surface area contributed by atoms with Crippen molar-refractivity contribution < 1.29 is 9.90 Å². The minimum Gasteiger partial charge on any atom is -0.478 e. The Labute approximate surface area is 155 Å². The van der Waals surface area contributed by atoms with Gasteiger partial charge in [0.2, 0.25) is 0 Å². The summed E-state index contributed by atoms with van der Waals surface area (Å²) in [6.07, 6.45) is 0. The normalized spacial score (nSPS) is 10.4. The Kier molecular flexibility index (Phi) is 5.04. The van der Waals surface area contributed by atoms with Crippen LogP contribution in [-0.2, 0) is 0 Å². The maximum atomic E-state index is 11.4. The molecule has 0 radical (unpaired) electrons. The van der Waals surface area contributed by atoms with Gasteiger partial charge in [-0.25, -0.2) is 14.8 Å². The Morgan fingerprint density at radius 2 is 1.62 bits per heavy atom. The highest BCUT2D eigenvalue weighted by molar-refractivity contribution is 6.30. The molecular formula is C19H17ClN4O2. The Bertz CT molecular complexity index is 976. The van der Waals surface area contributed by atoms with E-state index in [2.05, 4.69) is 20.6 Å². The van der Waals surface area contributed by atoms with E-state index in [1.165, 1.54) is 6.07 Å². The minimum absolute atomic E-state index is 0.170. The molecule has 0 atom stereocenters. The van der Waals surface area contributed by atoms with Gasteiger partial charge in [-0.2, -0.15) is 0 Å². The number of anilines is 4. The molecule has 0 saturated carbocycles. The van der Waals surface area contributed by atoms with E-state index in [1.54, 1.807) is 31.2 Å². The number of nitrogens with one attached hydrogen (secondary N) is 2. The molecule has 1 heterocycles. The lowest BCUT2D eigenvalue weighted by atomic mass is 10.2. The van der Waals surface area contributed by atoms with Gasteiger partial charge in [0.15, 0.2) is 0 Å². The van der Waals surface area contributed by atoms with Crippen LogP contribution in [0.25, 0.3) is 0 Å². The van der Waals surface area contributed by atoms with Crippen LogP contribution in [0.5, 0.6) is 0 Å². The third-order valence-electron chi connectivity index (χ3n) is 3.72. The van der Waals surface area contributed by atoms with Crippen LogP contribution in [0, 0.1) is 13.8 Å². The first-order valence-corrected chi connectivity index (χ1v) is 8.28. The highest BCUT2D eigenvalue weighted by Crippen LogP contribution is 2.26. The number of nitrogens with zero attached hydrogens (tertiary/aromatic N) is 2. The van der Waals surface area contributed by atoms with E-state index >= 15 is 0 Å². The van der Waals surface area contributed by atoms with Crippen LogP contribution in [0.3, 0.4) is 0 Å². The average molecular weight is 369 g/mol. The molecule has 0 saturated heterocycles. The summed E-state index contributed by atoms with van der Waals surface area (Å²) in [6.45, 7) is 3.74. The van der Waals surface area contributed by atoms with Gasteiger partial charge in [-0.3, -0.25) is 0 Å². The molecule has 3 N–H and O–H groups in total. The first-order chi connectivity index (χ1) is 12.4. The van der Waals surface area contributed by atoms with Gasteiger partial charge >= 0.3 is 5.97 Å². The first-order valence-electron chi connectivity index (χ1n) is 7.90. The van der Waals surface area contributed by atoms with Gasteiger partial charge in [-0.1, -0.05) is 29.8 Å². The third kappa shape index (κ3) is 4.10. The topological polar surface area (TPSA) is 87.1 Å². The monoisotopic (exact) mass is 368 g/mol. The Hall–Kier alpha value is -3.12. The minimum atomic E-state index is -1.01. The van der Waals surface area contributed by atoms with Crippen molar-refractivity contribution in [2.45, 2.75) is 13.8 Å². The molecule has 0 aliphatic carbocycles. The lowest BCUT2D eigenvalue weighted by molar-refractivity contribution is 0.0698. The van der Waals surface area contributed by atoms with E-state index in [-0.39, 0.29) is 5.56 Å². The molecule has 6 nitrogen and oxygen atoms in total. The second kappa shape index (κ2) is 7.41. The third-order valence-corrected chi connectivity index (χ3v) is 3.96. The Balaban J connectivity index is 1.91. The zero-order chi connectivity index (χ0) is 18.7. The highest BCUT2D eigenvalue weighted by Gasteiger charge is 2.11. The predicted octanol–water partition coefficient (Wildman–Crippen LogP) is 4.93. The predicted molar refractivity (Wildman–Crippen MR) is 103 cm³/mol. The zero-order valence-electron chi connectivity index (χ0n) is 14.2. The number of aromatic carboxylic acids is 1. The Morgan fingerprint density at radius 3 is 2.31 bits per heavy atom. The molecule has 0 unspecified atom stereocenters. The zero-order valence-corrected chi connectivity index (χ0v) is 15.0. The number of para-hydroxylation sites is 1. The van der Waals surface area contributed by atoms with Gasteiger partial charge < -0.3 is 15.7 Å². The molecule has 0 bridgehead atoms. The van der Waals surface area contributed by atoms with Crippen LogP contribution in [0.15, 0.2) is 48.5 Å². The van der Waals surface area contributed by atoms with Crippen LogP contribution in [0.4, 0.5) is 23.0 Å². The molecule has 132 valence electrons. The molecule has 3 aromatic rings. The number of aryl methyl sites for hydroxylation is 2. The molecule has 0 fully saturated rings. The van der Waals surface area contributed by atoms with E-state index in [0.29, 0.717) is 28.2 Å².